The van der Waals surface area contributed by atoms with Crippen LogP contribution in [0.15, 0.2) is 18.2 Å². The molecule has 1 heterocycles. The van der Waals surface area contributed by atoms with E-state index in [1.807, 2.05) is 0 Å². The predicted molar refractivity (Wildman–Crippen MR) is 87.2 cm³/mol. The van der Waals surface area contributed by atoms with E-state index in [0.29, 0.717) is 6.04 Å². The van der Waals surface area contributed by atoms with E-state index >= 15 is 0 Å². The van der Waals surface area contributed by atoms with Crippen molar-refractivity contribution in [3.63, 3.8) is 0 Å². The first kappa shape index (κ1) is 15.5. The van der Waals surface area contributed by atoms with Crippen molar-refractivity contribution in [1.29, 1.82) is 0 Å². The van der Waals surface area contributed by atoms with Gasteiger partial charge in [-0.25, -0.2) is 0 Å². The molecule has 1 N–H and O–H groups in total. The number of rotatable bonds is 5. The molecule has 2 nitrogen and oxygen atoms in total. The monoisotopic (exact) mass is 274 g/mol. The number of piperidine rings is 1. The first-order chi connectivity index (χ1) is 9.63. The van der Waals surface area contributed by atoms with Crippen LogP contribution in [0, 0.1) is 19.8 Å². The maximum Gasteiger partial charge on any atom is 0.0388 e. The molecule has 1 aliphatic rings. The van der Waals surface area contributed by atoms with E-state index in [0.717, 1.165) is 19.0 Å². The molecule has 1 saturated heterocycles. The summed E-state index contributed by atoms with van der Waals surface area (Å²) in [6.45, 7) is 10.2. The minimum absolute atomic E-state index is 0.577. The Bertz CT molecular complexity index is 427. The average Bonchev–Trinajstić information content (AvgIpc) is 2.42. The molecule has 0 bridgehead atoms. The van der Waals surface area contributed by atoms with Crippen LogP contribution in [0.2, 0.25) is 0 Å². The number of aryl methyl sites for hydroxylation is 2. The average molecular weight is 274 g/mol. The fourth-order valence-electron chi connectivity index (χ4n) is 3.51. The topological polar surface area (TPSA) is 15.3 Å². The summed E-state index contributed by atoms with van der Waals surface area (Å²) < 4.78 is 0. The standard InChI is InChI=1S/C18H30N2/c1-5-10-19-13-16-7-6-11-20(4)18(16)17-12-14(2)8-9-15(17)3/h8-9,12,16,18-19H,5-7,10-11,13H2,1-4H3. The molecular formula is C18H30N2. The number of nitrogens with one attached hydrogen (secondary N) is 1. The molecule has 0 aromatic heterocycles. The van der Waals surface area contributed by atoms with Gasteiger partial charge in [0.1, 0.15) is 0 Å². The number of hydrogen-bond acceptors (Lipinski definition) is 2. The minimum atomic E-state index is 0.577. The van der Waals surface area contributed by atoms with E-state index in [1.54, 1.807) is 0 Å². The van der Waals surface area contributed by atoms with Crippen LogP contribution in [0.1, 0.15) is 48.9 Å². The lowest BCUT2D eigenvalue weighted by molar-refractivity contribution is 0.119. The normalized spacial score (nSPS) is 24.0. The van der Waals surface area contributed by atoms with Gasteiger partial charge in [-0.2, -0.15) is 0 Å². The fraction of sp³-hybridized carbons (Fsp3) is 0.667. The Kier molecular flexibility index (Phi) is 5.62. The van der Waals surface area contributed by atoms with Crippen LogP contribution in [0.4, 0.5) is 0 Å². The van der Waals surface area contributed by atoms with Crippen molar-refractivity contribution in [3.05, 3.63) is 34.9 Å². The molecule has 1 aromatic carbocycles. The highest BCUT2D eigenvalue weighted by Crippen LogP contribution is 2.36. The quantitative estimate of drug-likeness (QED) is 0.824. The highest BCUT2D eigenvalue weighted by atomic mass is 15.1. The maximum atomic E-state index is 3.63. The summed E-state index contributed by atoms with van der Waals surface area (Å²) in [4.78, 5) is 2.56. The van der Waals surface area contributed by atoms with Gasteiger partial charge in [0.25, 0.3) is 0 Å². The zero-order chi connectivity index (χ0) is 14.5. The molecule has 20 heavy (non-hydrogen) atoms. The van der Waals surface area contributed by atoms with Gasteiger partial charge in [-0.3, -0.25) is 4.90 Å². The van der Waals surface area contributed by atoms with Gasteiger partial charge in [-0.05, 0) is 76.8 Å². The van der Waals surface area contributed by atoms with Gasteiger partial charge in [-0.1, -0.05) is 30.7 Å². The van der Waals surface area contributed by atoms with Crippen molar-refractivity contribution in [2.24, 2.45) is 5.92 Å². The number of benzene rings is 1. The number of hydrogen-bond donors (Lipinski definition) is 1. The molecule has 0 radical (unpaired) electrons. The van der Waals surface area contributed by atoms with E-state index in [4.69, 9.17) is 0 Å². The van der Waals surface area contributed by atoms with Gasteiger partial charge in [0, 0.05) is 6.04 Å². The largest absolute Gasteiger partial charge is 0.316 e. The second kappa shape index (κ2) is 7.24. The number of likely N-dealkylation sites (tertiary alicyclic amines) is 1. The molecule has 1 aromatic rings. The fourth-order valence-corrected chi connectivity index (χ4v) is 3.51. The van der Waals surface area contributed by atoms with Crippen LogP contribution in [0.25, 0.3) is 0 Å². The summed E-state index contributed by atoms with van der Waals surface area (Å²) in [7, 11) is 2.29. The second-order valence-corrected chi connectivity index (χ2v) is 6.39. The molecule has 2 atom stereocenters. The highest BCUT2D eigenvalue weighted by molar-refractivity contribution is 5.33. The summed E-state index contributed by atoms with van der Waals surface area (Å²) in [5.41, 5.74) is 4.36. The number of nitrogens with zero attached hydrogens (tertiary/aromatic N) is 1. The van der Waals surface area contributed by atoms with E-state index in [2.05, 4.69) is 56.2 Å². The zero-order valence-corrected chi connectivity index (χ0v) is 13.6. The van der Waals surface area contributed by atoms with Gasteiger partial charge in [0.05, 0.1) is 0 Å². The summed E-state index contributed by atoms with van der Waals surface area (Å²) >= 11 is 0. The molecule has 0 saturated carbocycles. The van der Waals surface area contributed by atoms with Crippen molar-refractivity contribution in [2.45, 2.75) is 46.1 Å². The first-order valence-corrected chi connectivity index (χ1v) is 8.11. The lowest BCUT2D eigenvalue weighted by Crippen LogP contribution is -2.41. The maximum absolute atomic E-state index is 3.63. The van der Waals surface area contributed by atoms with Gasteiger partial charge in [-0.15, -0.1) is 0 Å². The van der Waals surface area contributed by atoms with E-state index in [9.17, 15) is 0 Å². The predicted octanol–water partition coefficient (Wildman–Crippen LogP) is 3.69. The van der Waals surface area contributed by atoms with Crippen molar-refractivity contribution >= 4 is 0 Å². The van der Waals surface area contributed by atoms with Crippen molar-refractivity contribution in [1.82, 2.24) is 10.2 Å². The Labute approximate surface area is 124 Å². The smallest absolute Gasteiger partial charge is 0.0388 e. The Balaban J connectivity index is 2.20. The lowest BCUT2D eigenvalue weighted by Gasteiger charge is -2.40. The third-order valence-corrected chi connectivity index (χ3v) is 4.59. The van der Waals surface area contributed by atoms with Crippen LogP contribution in [-0.4, -0.2) is 31.6 Å². The van der Waals surface area contributed by atoms with Crippen molar-refractivity contribution in [2.75, 3.05) is 26.7 Å². The molecule has 2 unspecified atom stereocenters. The highest BCUT2D eigenvalue weighted by Gasteiger charge is 2.31. The minimum Gasteiger partial charge on any atom is -0.316 e. The molecule has 1 aliphatic heterocycles. The van der Waals surface area contributed by atoms with Crippen LogP contribution >= 0.6 is 0 Å². The van der Waals surface area contributed by atoms with Crippen LogP contribution in [0.5, 0.6) is 0 Å². The van der Waals surface area contributed by atoms with E-state index in [1.165, 1.54) is 42.5 Å². The Hall–Kier alpha value is -0.860. The summed E-state index contributed by atoms with van der Waals surface area (Å²) in [6.07, 6.45) is 3.89. The molecule has 0 spiro atoms. The van der Waals surface area contributed by atoms with Gasteiger partial charge in [0.2, 0.25) is 0 Å². The molecule has 2 rings (SSSR count). The summed E-state index contributed by atoms with van der Waals surface area (Å²) in [5, 5.41) is 3.63. The Morgan fingerprint density at radius 2 is 2.10 bits per heavy atom. The van der Waals surface area contributed by atoms with Crippen molar-refractivity contribution in [3.8, 4) is 0 Å². The second-order valence-electron chi connectivity index (χ2n) is 6.39. The van der Waals surface area contributed by atoms with E-state index in [-0.39, 0.29) is 0 Å². The Morgan fingerprint density at radius 3 is 2.85 bits per heavy atom. The summed E-state index contributed by atoms with van der Waals surface area (Å²) in [5.74, 6) is 0.737. The lowest BCUT2D eigenvalue weighted by atomic mass is 9.82. The molecule has 1 fully saturated rings. The third-order valence-electron chi connectivity index (χ3n) is 4.59. The zero-order valence-electron chi connectivity index (χ0n) is 13.6. The molecule has 0 aliphatic carbocycles. The molecule has 0 amide bonds. The van der Waals surface area contributed by atoms with Crippen LogP contribution < -0.4 is 5.32 Å². The summed E-state index contributed by atoms with van der Waals surface area (Å²) in [6, 6.07) is 7.48. The molecular weight excluding hydrogens is 244 g/mol. The van der Waals surface area contributed by atoms with Gasteiger partial charge < -0.3 is 5.32 Å². The van der Waals surface area contributed by atoms with Crippen LogP contribution in [-0.2, 0) is 0 Å². The first-order valence-electron chi connectivity index (χ1n) is 8.11. The van der Waals surface area contributed by atoms with Gasteiger partial charge >= 0.3 is 0 Å². The third kappa shape index (κ3) is 3.62. The van der Waals surface area contributed by atoms with Crippen molar-refractivity contribution < 1.29 is 0 Å². The molecule has 2 heteroatoms. The molecule has 112 valence electrons. The van der Waals surface area contributed by atoms with E-state index < -0.39 is 0 Å². The van der Waals surface area contributed by atoms with Gasteiger partial charge in [0.15, 0.2) is 0 Å². The SMILES string of the molecule is CCCNCC1CCCN(C)C1c1cc(C)ccc1C. The Morgan fingerprint density at radius 1 is 1.30 bits per heavy atom. The van der Waals surface area contributed by atoms with Crippen LogP contribution in [0.3, 0.4) is 0 Å².